The van der Waals surface area contributed by atoms with Crippen LogP contribution in [-0.4, -0.2) is 75.3 Å². The molecule has 0 bridgehead atoms. The number of fused-ring (bicyclic) bond motifs is 2. The van der Waals surface area contributed by atoms with Crippen LogP contribution in [0.15, 0.2) is 96.0 Å². The van der Waals surface area contributed by atoms with Crippen LogP contribution >= 0.6 is 15.9 Å². The number of hydrogen-bond donors (Lipinski definition) is 8. The summed E-state index contributed by atoms with van der Waals surface area (Å²) in [5.41, 5.74) is 32.0. The van der Waals surface area contributed by atoms with E-state index in [9.17, 15) is 0 Å². The maximum absolute atomic E-state index is 6.37. The molecule has 3 aromatic carbocycles. The zero-order valence-corrected chi connectivity index (χ0v) is 43.5. The number of imidazole rings is 2. The van der Waals surface area contributed by atoms with Gasteiger partial charge in [0.25, 0.3) is 0 Å². The molecule has 12 N–H and O–H groups in total. The summed E-state index contributed by atoms with van der Waals surface area (Å²) in [7, 11) is 0. The Morgan fingerprint density at radius 3 is 1.31 bits per heavy atom. The molecule has 0 saturated heterocycles. The number of rotatable bonds is 13. The molecule has 3 saturated carbocycles. The molecule has 16 nitrogen and oxygen atoms in total. The molecule has 4 aromatic heterocycles. The van der Waals surface area contributed by atoms with Gasteiger partial charge in [0.05, 0.1) is 12.7 Å². The van der Waals surface area contributed by atoms with Crippen molar-refractivity contribution < 1.29 is 0 Å². The van der Waals surface area contributed by atoms with Crippen LogP contribution in [0.3, 0.4) is 0 Å². The molecule has 4 heterocycles. The van der Waals surface area contributed by atoms with Crippen LogP contribution in [0, 0.1) is 0 Å². The molecule has 6 atom stereocenters. The Labute approximate surface area is 427 Å². The van der Waals surface area contributed by atoms with Gasteiger partial charge in [-0.25, -0.2) is 9.97 Å². The second-order valence-corrected chi connectivity index (χ2v) is 20.9. The molecule has 10 rings (SSSR count). The van der Waals surface area contributed by atoms with Crippen molar-refractivity contribution >= 4 is 61.8 Å². The lowest BCUT2D eigenvalue weighted by molar-refractivity contribution is 0.385. The van der Waals surface area contributed by atoms with E-state index in [1.807, 2.05) is 30.9 Å². The third-order valence-corrected chi connectivity index (χ3v) is 14.5. The summed E-state index contributed by atoms with van der Waals surface area (Å²) < 4.78 is 5.23. The molecule has 0 aliphatic heterocycles. The highest BCUT2D eigenvalue weighted by Gasteiger charge is 2.26. The first-order chi connectivity index (χ1) is 34.4. The van der Waals surface area contributed by atoms with E-state index < -0.39 is 0 Å². The summed E-state index contributed by atoms with van der Waals surface area (Å²) in [6, 6.07) is 29.0. The SMILES string of the molecule is CC(C)n1cnc2c(NCc3ccc(-c4ccccc4)cc3)nc(N[C@@H]3CCCC[C@H]3N)nc21.CC(C)n1cnc2c(NCc3ccc(Br)cc3)nc(N[C@@H]3CCCC[C@H]3N)nc21.N[C@@H]1CCCC[C@H]1N. The highest BCUT2D eigenvalue weighted by molar-refractivity contribution is 9.10. The van der Waals surface area contributed by atoms with E-state index in [0.29, 0.717) is 25.0 Å². The second kappa shape index (κ2) is 24.6. The molecule has 3 aliphatic carbocycles. The Hall–Kier alpha value is -5.72. The van der Waals surface area contributed by atoms with Crippen molar-refractivity contribution in [3.8, 4) is 11.1 Å². The molecule has 0 spiro atoms. The van der Waals surface area contributed by atoms with Gasteiger partial charge in [0, 0.05) is 65.9 Å². The number of nitrogens with zero attached hydrogens (tertiary/aromatic N) is 8. The molecule has 3 aliphatic rings. The molecular formula is C54H75BrN16. The fourth-order valence-electron chi connectivity index (χ4n) is 9.58. The van der Waals surface area contributed by atoms with Crippen molar-refractivity contribution in [3.63, 3.8) is 0 Å². The predicted molar refractivity (Wildman–Crippen MR) is 294 cm³/mol. The fourth-order valence-corrected chi connectivity index (χ4v) is 9.85. The van der Waals surface area contributed by atoms with E-state index in [2.05, 4.69) is 145 Å². The van der Waals surface area contributed by atoms with Crippen molar-refractivity contribution in [3.05, 3.63) is 107 Å². The molecule has 71 heavy (non-hydrogen) atoms. The Morgan fingerprint density at radius 1 is 0.507 bits per heavy atom. The van der Waals surface area contributed by atoms with Gasteiger partial charge in [0.2, 0.25) is 11.9 Å². The van der Waals surface area contributed by atoms with Crippen molar-refractivity contribution in [1.29, 1.82) is 0 Å². The lowest BCUT2D eigenvalue weighted by Crippen LogP contribution is -2.43. The van der Waals surface area contributed by atoms with E-state index >= 15 is 0 Å². The van der Waals surface area contributed by atoms with E-state index in [1.165, 1.54) is 60.8 Å². The fraction of sp³-hybridized carbons (Fsp3) is 0.481. The van der Waals surface area contributed by atoms with Gasteiger partial charge in [0.1, 0.15) is 0 Å². The van der Waals surface area contributed by atoms with Gasteiger partial charge in [-0.2, -0.15) is 19.9 Å². The van der Waals surface area contributed by atoms with Crippen molar-refractivity contribution in [2.24, 2.45) is 22.9 Å². The van der Waals surface area contributed by atoms with Crippen LogP contribution in [0.4, 0.5) is 23.5 Å². The third kappa shape index (κ3) is 13.6. The number of hydrogen-bond acceptors (Lipinski definition) is 14. The third-order valence-electron chi connectivity index (χ3n) is 14.0. The van der Waals surface area contributed by atoms with Crippen LogP contribution in [0.1, 0.15) is 128 Å². The minimum Gasteiger partial charge on any atom is -0.364 e. The summed E-state index contributed by atoms with van der Waals surface area (Å²) >= 11 is 3.48. The Kier molecular flexibility index (Phi) is 17.9. The van der Waals surface area contributed by atoms with Gasteiger partial charge in [-0.05, 0) is 101 Å². The van der Waals surface area contributed by atoms with Crippen LogP contribution in [-0.2, 0) is 13.1 Å². The minimum absolute atomic E-state index is 0.127. The van der Waals surface area contributed by atoms with Crippen LogP contribution < -0.4 is 44.2 Å². The van der Waals surface area contributed by atoms with Gasteiger partial charge in [0.15, 0.2) is 34.0 Å². The molecular weight excluding hydrogens is 953 g/mol. The second-order valence-electron chi connectivity index (χ2n) is 20.0. The zero-order valence-electron chi connectivity index (χ0n) is 41.9. The van der Waals surface area contributed by atoms with E-state index in [1.54, 1.807) is 0 Å². The average molecular weight is 1030 g/mol. The maximum Gasteiger partial charge on any atom is 0.227 e. The summed E-state index contributed by atoms with van der Waals surface area (Å²) in [6.45, 7) is 9.84. The molecule has 7 aromatic rings. The Balaban J connectivity index is 0.000000166. The quantitative estimate of drug-likeness (QED) is 0.0536. The topological polar surface area (TPSA) is 239 Å². The lowest BCUT2D eigenvalue weighted by atomic mass is 9.91. The van der Waals surface area contributed by atoms with Crippen LogP contribution in [0.5, 0.6) is 0 Å². The standard InChI is InChI=1S/C27H33N7.C21H28BrN7.C6H14N2/c1-18(2)34-17-30-24-25(32-27(33-26(24)34)31-23-11-7-6-10-22(23)28)29-16-19-12-14-21(15-13-19)20-8-4-3-5-9-20;1-13(2)29-12-25-18-19(24-11-14-7-9-15(22)10-8-14)27-21(28-20(18)29)26-17-6-4-3-5-16(17)23;7-5-3-1-2-4-6(5)8/h3-5,8-9,12-15,17-18,22-23H,6-7,10-11,16,28H2,1-2H3,(H2,29,31,32,33);7-10,12-13,16-17H,3-6,11,23H2,1-2H3,(H2,24,26,27,28);5-6H,1-4,7-8H2/t22-,23-;16-,17-;5-,6-/m111/s1. The normalized spacial score (nSPS) is 21.3. The minimum atomic E-state index is 0.127. The lowest BCUT2D eigenvalue weighted by Gasteiger charge is -2.29. The smallest absolute Gasteiger partial charge is 0.227 e. The average Bonchev–Trinajstić information content (AvgIpc) is 4.02. The molecule has 0 amide bonds. The summed E-state index contributed by atoms with van der Waals surface area (Å²) in [6.07, 6.45) is 17.4. The van der Waals surface area contributed by atoms with Gasteiger partial charge >= 0.3 is 0 Å². The number of benzene rings is 3. The summed E-state index contributed by atoms with van der Waals surface area (Å²) in [4.78, 5) is 28.4. The van der Waals surface area contributed by atoms with E-state index in [4.69, 9.17) is 42.9 Å². The van der Waals surface area contributed by atoms with E-state index in [0.717, 1.165) is 77.0 Å². The largest absolute Gasteiger partial charge is 0.364 e. The molecule has 3 fully saturated rings. The number of nitrogens with two attached hydrogens (primary N) is 4. The maximum atomic E-state index is 6.37. The molecule has 17 heteroatoms. The first-order valence-electron chi connectivity index (χ1n) is 25.8. The summed E-state index contributed by atoms with van der Waals surface area (Å²) in [5.74, 6) is 2.70. The molecule has 0 radical (unpaired) electrons. The number of nitrogens with one attached hydrogen (secondary N) is 4. The predicted octanol–water partition coefficient (Wildman–Crippen LogP) is 10.0. The molecule has 378 valence electrons. The van der Waals surface area contributed by atoms with E-state index in [-0.39, 0.29) is 48.3 Å². The Bertz CT molecular complexity index is 2730. The van der Waals surface area contributed by atoms with Crippen LogP contribution in [0.2, 0.25) is 0 Å². The Morgan fingerprint density at radius 2 is 0.901 bits per heavy atom. The van der Waals surface area contributed by atoms with Gasteiger partial charge in [-0.15, -0.1) is 0 Å². The van der Waals surface area contributed by atoms with Gasteiger partial charge in [-0.1, -0.05) is 121 Å². The number of halogens is 1. The van der Waals surface area contributed by atoms with Gasteiger partial charge in [-0.3, -0.25) is 0 Å². The zero-order chi connectivity index (χ0) is 49.9. The monoisotopic (exact) mass is 1030 g/mol. The van der Waals surface area contributed by atoms with Crippen molar-refractivity contribution in [2.75, 3.05) is 21.3 Å². The molecule has 0 unspecified atom stereocenters. The van der Waals surface area contributed by atoms with Crippen molar-refractivity contribution in [1.82, 2.24) is 39.0 Å². The van der Waals surface area contributed by atoms with Gasteiger partial charge < -0.3 is 53.3 Å². The highest BCUT2D eigenvalue weighted by Crippen LogP contribution is 2.29. The first-order valence-corrected chi connectivity index (χ1v) is 26.6. The number of aromatic nitrogens is 8. The highest BCUT2D eigenvalue weighted by atomic mass is 79.9. The summed E-state index contributed by atoms with van der Waals surface area (Å²) in [5, 5.41) is 14.0. The van der Waals surface area contributed by atoms with Crippen molar-refractivity contribution in [2.45, 2.75) is 166 Å². The number of anilines is 4. The first kappa shape index (κ1) is 51.6. The van der Waals surface area contributed by atoms with Crippen LogP contribution in [0.25, 0.3) is 33.5 Å².